The Morgan fingerprint density at radius 1 is 1.26 bits per heavy atom. The molecule has 0 aliphatic carbocycles. The summed E-state index contributed by atoms with van der Waals surface area (Å²) in [6.45, 7) is 5.29. The van der Waals surface area contributed by atoms with Gasteiger partial charge in [0.2, 0.25) is 5.91 Å². The third kappa shape index (κ3) is 1.84. The van der Waals surface area contributed by atoms with Crippen LogP contribution in [0, 0.1) is 17.0 Å². The molecule has 1 aromatic carbocycles. The zero-order valence-electron chi connectivity index (χ0n) is 11.0. The molecule has 1 amide bonds. The van der Waals surface area contributed by atoms with E-state index in [0.29, 0.717) is 12.1 Å². The van der Waals surface area contributed by atoms with Crippen molar-refractivity contribution in [3.8, 4) is 0 Å². The van der Waals surface area contributed by atoms with E-state index in [1.807, 2.05) is 18.9 Å². The molecule has 0 radical (unpaired) electrons. The predicted molar refractivity (Wildman–Crippen MR) is 65.9 cm³/mol. The number of hydrazine groups is 1. The second-order valence-corrected chi connectivity index (χ2v) is 5.90. The first-order valence-corrected chi connectivity index (χ1v) is 6.43. The van der Waals surface area contributed by atoms with Gasteiger partial charge in [-0.3, -0.25) is 9.80 Å². The average Bonchev–Trinajstić information content (AvgIpc) is 2.83. The lowest BCUT2D eigenvalue weighted by atomic mass is 9.92. The Morgan fingerprint density at radius 3 is 2.68 bits per heavy atom. The van der Waals surface area contributed by atoms with Gasteiger partial charge in [-0.15, -0.1) is 0 Å². The molecule has 2 aliphatic heterocycles. The van der Waals surface area contributed by atoms with Crippen LogP contribution >= 0.6 is 0 Å². The highest BCUT2D eigenvalue weighted by Crippen LogP contribution is 2.42. The van der Waals surface area contributed by atoms with Crippen LogP contribution in [0.3, 0.4) is 0 Å². The second kappa shape index (κ2) is 4.00. The Labute approximate surface area is 110 Å². The first-order chi connectivity index (χ1) is 8.90. The predicted octanol–water partition coefficient (Wildman–Crippen LogP) is 2.50. The molecule has 1 atom stereocenters. The summed E-state index contributed by atoms with van der Waals surface area (Å²) in [7, 11) is 0. The molecule has 0 saturated carbocycles. The third-order valence-electron chi connectivity index (χ3n) is 3.95. The van der Waals surface area contributed by atoms with Gasteiger partial charge in [-0.05, 0) is 38.0 Å². The zero-order valence-corrected chi connectivity index (χ0v) is 11.0. The van der Waals surface area contributed by atoms with Crippen molar-refractivity contribution in [1.82, 2.24) is 10.0 Å². The number of hydrogen-bond donors (Lipinski definition) is 0. The van der Waals surface area contributed by atoms with Crippen LogP contribution in [0.5, 0.6) is 0 Å². The molecule has 2 aliphatic rings. The lowest BCUT2D eigenvalue weighted by Crippen LogP contribution is -2.35. The highest BCUT2D eigenvalue weighted by molar-refractivity contribution is 5.84. The Morgan fingerprint density at radius 2 is 2.00 bits per heavy atom. The summed E-state index contributed by atoms with van der Waals surface area (Å²) in [5.41, 5.74) is 0.254. The monoisotopic (exact) mass is 266 g/mol. The fourth-order valence-corrected chi connectivity index (χ4v) is 2.99. The van der Waals surface area contributed by atoms with E-state index in [9.17, 15) is 13.6 Å². The molecule has 102 valence electrons. The van der Waals surface area contributed by atoms with Gasteiger partial charge in [-0.25, -0.2) is 13.8 Å². The fourth-order valence-electron chi connectivity index (χ4n) is 2.99. The van der Waals surface area contributed by atoms with Gasteiger partial charge in [0.1, 0.15) is 0 Å². The average molecular weight is 266 g/mol. The van der Waals surface area contributed by atoms with Crippen molar-refractivity contribution in [2.75, 3.05) is 13.1 Å². The minimum atomic E-state index is -0.859. The molecule has 1 unspecified atom stereocenters. The topological polar surface area (TPSA) is 23.6 Å². The molecule has 19 heavy (non-hydrogen) atoms. The molecule has 1 aromatic rings. The summed E-state index contributed by atoms with van der Waals surface area (Å²) in [4.78, 5) is 12.4. The Balaban J connectivity index is 1.94. The summed E-state index contributed by atoms with van der Waals surface area (Å²) in [5.74, 6) is -1.66. The van der Waals surface area contributed by atoms with Crippen molar-refractivity contribution in [1.29, 1.82) is 0 Å². The highest BCUT2D eigenvalue weighted by Gasteiger charge is 2.50. The van der Waals surface area contributed by atoms with E-state index in [1.54, 1.807) is 11.1 Å². The number of carbonyl (C=O) groups excluding carboxylic acids is 1. The number of halogens is 2. The van der Waals surface area contributed by atoms with Gasteiger partial charge >= 0.3 is 0 Å². The molecule has 2 fully saturated rings. The molecule has 0 aromatic heterocycles. The molecular weight excluding hydrogens is 250 g/mol. The van der Waals surface area contributed by atoms with Crippen LogP contribution in [-0.2, 0) is 4.79 Å². The molecule has 2 heterocycles. The van der Waals surface area contributed by atoms with Crippen LogP contribution in [0.4, 0.5) is 8.78 Å². The molecule has 0 spiro atoms. The maximum atomic E-state index is 13.3. The zero-order chi connectivity index (χ0) is 13.8. The first-order valence-electron chi connectivity index (χ1n) is 6.43. The smallest absolute Gasteiger partial charge is 0.244 e. The highest BCUT2D eigenvalue weighted by atomic mass is 19.2. The van der Waals surface area contributed by atoms with Crippen molar-refractivity contribution in [2.24, 2.45) is 5.41 Å². The number of amides is 1. The molecule has 0 N–H and O–H groups in total. The summed E-state index contributed by atoms with van der Waals surface area (Å²) >= 11 is 0. The largest absolute Gasteiger partial charge is 0.273 e. The van der Waals surface area contributed by atoms with Gasteiger partial charge < -0.3 is 0 Å². The Kier molecular flexibility index (Phi) is 2.64. The van der Waals surface area contributed by atoms with E-state index in [-0.39, 0.29) is 11.9 Å². The van der Waals surface area contributed by atoms with Crippen LogP contribution in [0.15, 0.2) is 18.2 Å². The first kappa shape index (κ1) is 12.5. The van der Waals surface area contributed by atoms with Crippen molar-refractivity contribution >= 4 is 5.91 Å². The lowest BCUT2D eigenvalue weighted by Gasteiger charge is -2.26. The van der Waals surface area contributed by atoms with Gasteiger partial charge in [0.25, 0.3) is 0 Å². The SMILES string of the molecule is CC1(C)CN2CCC(c3ccc(F)c(F)c3)N2C1=O. The number of hydrogen-bond acceptors (Lipinski definition) is 2. The van der Waals surface area contributed by atoms with Crippen LogP contribution in [-0.4, -0.2) is 29.0 Å². The maximum Gasteiger partial charge on any atom is 0.244 e. The summed E-state index contributed by atoms with van der Waals surface area (Å²) in [5, 5.41) is 3.72. The summed E-state index contributed by atoms with van der Waals surface area (Å²) < 4.78 is 26.3. The van der Waals surface area contributed by atoms with Crippen molar-refractivity contribution < 1.29 is 13.6 Å². The van der Waals surface area contributed by atoms with Crippen LogP contribution in [0.1, 0.15) is 31.9 Å². The van der Waals surface area contributed by atoms with E-state index < -0.39 is 17.0 Å². The van der Waals surface area contributed by atoms with E-state index >= 15 is 0 Å². The second-order valence-electron chi connectivity index (χ2n) is 5.90. The maximum absolute atomic E-state index is 13.3. The fraction of sp³-hybridized carbons (Fsp3) is 0.500. The Hall–Kier alpha value is -1.49. The van der Waals surface area contributed by atoms with E-state index in [4.69, 9.17) is 0 Å². The van der Waals surface area contributed by atoms with E-state index in [1.165, 1.54) is 6.07 Å². The lowest BCUT2D eigenvalue weighted by molar-refractivity contribution is -0.142. The van der Waals surface area contributed by atoms with E-state index in [2.05, 4.69) is 0 Å². The molecule has 5 heteroatoms. The minimum absolute atomic E-state index is 0.0553. The van der Waals surface area contributed by atoms with Crippen molar-refractivity contribution in [3.05, 3.63) is 35.4 Å². The third-order valence-corrected chi connectivity index (χ3v) is 3.95. The van der Waals surface area contributed by atoms with Crippen LogP contribution < -0.4 is 0 Å². The molecule has 0 bridgehead atoms. The molecule has 3 nitrogen and oxygen atoms in total. The number of rotatable bonds is 1. The van der Waals surface area contributed by atoms with Gasteiger partial charge in [-0.2, -0.15) is 0 Å². The van der Waals surface area contributed by atoms with Crippen molar-refractivity contribution in [3.63, 3.8) is 0 Å². The summed E-state index contributed by atoms with van der Waals surface area (Å²) in [6.07, 6.45) is 0.757. The van der Waals surface area contributed by atoms with Gasteiger partial charge in [0, 0.05) is 13.1 Å². The quantitative estimate of drug-likeness (QED) is 0.779. The van der Waals surface area contributed by atoms with Crippen LogP contribution in [0.25, 0.3) is 0 Å². The molecule has 3 rings (SSSR count). The van der Waals surface area contributed by atoms with E-state index in [0.717, 1.165) is 19.0 Å². The molecule has 2 saturated heterocycles. The summed E-state index contributed by atoms with van der Waals surface area (Å²) in [6, 6.07) is 3.70. The minimum Gasteiger partial charge on any atom is -0.273 e. The van der Waals surface area contributed by atoms with Gasteiger partial charge in [-0.1, -0.05) is 6.07 Å². The standard InChI is InChI=1S/C14H16F2N2O/c1-14(2)8-17-6-5-12(18(17)13(14)19)9-3-4-10(15)11(16)7-9/h3-4,7,12H,5-6,8H2,1-2H3. The normalized spacial score (nSPS) is 26.0. The van der Waals surface area contributed by atoms with Gasteiger partial charge in [0.05, 0.1) is 11.5 Å². The van der Waals surface area contributed by atoms with Crippen LogP contribution in [0.2, 0.25) is 0 Å². The number of benzene rings is 1. The number of nitrogens with zero attached hydrogens (tertiary/aromatic N) is 2. The Bertz CT molecular complexity index is 544. The number of carbonyl (C=O) groups is 1. The van der Waals surface area contributed by atoms with Gasteiger partial charge in [0.15, 0.2) is 11.6 Å². The number of fused-ring (bicyclic) bond motifs is 1. The molecular formula is C14H16F2N2O. The van der Waals surface area contributed by atoms with Crippen molar-refractivity contribution in [2.45, 2.75) is 26.3 Å².